The van der Waals surface area contributed by atoms with Crippen LogP contribution >= 0.6 is 0 Å². The molecule has 3 heteroatoms. The summed E-state index contributed by atoms with van der Waals surface area (Å²) in [6, 6.07) is 0.374. The van der Waals surface area contributed by atoms with Gasteiger partial charge in [0.25, 0.3) is 0 Å². The molecule has 1 rings (SSSR count). The van der Waals surface area contributed by atoms with Gasteiger partial charge in [-0.2, -0.15) is 0 Å². The van der Waals surface area contributed by atoms with E-state index in [4.69, 9.17) is 0 Å². The maximum atomic E-state index is 13.0. The van der Waals surface area contributed by atoms with Crippen LogP contribution in [0.25, 0.3) is 0 Å². The van der Waals surface area contributed by atoms with Gasteiger partial charge in [-0.15, -0.1) is 6.58 Å². The molecule has 1 fully saturated rings. The maximum absolute atomic E-state index is 13.0. The highest BCUT2D eigenvalue weighted by molar-refractivity contribution is 4.85. The number of rotatable bonds is 5. The van der Waals surface area contributed by atoms with Gasteiger partial charge in [0.05, 0.1) is 0 Å². The van der Waals surface area contributed by atoms with E-state index < -0.39 is 5.92 Å². The molecule has 0 aromatic rings. The Labute approximate surface area is 90.9 Å². The van der Waals surface area contributed by atoms with E-state index in [-0.39, 0.29) is 12.8 Å². The van der Waals surface area contributed by atoms with E-state index in [9.17, 15) is 8.78 Å². The standard InChI is InChI=1S/C12H21F2N/c1-3-4-5-11(15-2)10-6-8-12(13,14)9-7-10/h3,10-11,15H,1,4-9H2,2H3. The van der Waals surface area contributed by atoms with Crippen LogP contribution in [0.4, 0.5) is 8.78 Å². The molecule has 0 heterocycles. The van der Waals surface area contributed by atoms with Gasteiger partial charge in [0, 0.05) is 18.9 Å². The van der Waals surface area contributed by atoms with Crippen molar-refractivity contribution in [2.24, 2.45) is 5.92 Å². The van der Waals surface area contributed by atoms with Crippen molar-refractivity contribution in [2.75, 3.05) is 7.05 Å². The molecule has 1 aliphatic carbocycles. The number of halogens is 2. The molecule has 0 aromatic heterocycles. The van der Waals surface area contributed by atoms with Crippen molar-refractivity contribution < 1.29 is 8.78 Å². The Hall–Kier alpha value is -0.440. The molecule has 0 aromatic carbocycles. The summed E-state index contributed by atoms with van der Waals surface area (Å²) < 4.78 is 25.9. The molecule has 0 aliphatic heterocycles. The first-order valence-corrected chi connectivity index (χ1v) is 5.75. The lowest BCUT2D eigenvalue weighted by atomic mass is 9.80. The zero-order valence-electron chi connectivity index (χ0n) is 9.44. The lowest BCUT2D eigenvalue weighted by Crippen LogP contribution is -2.38. The molecule has 1 unspecified atom stereocenters. The van der Waals surface area contributed by atoms with E-state index >= 15 is 0 Å². The van der Waals surface area contributed by atoms with E-state index in [1.54, 1.807) is 0 Å². The van der Waals surface area contributed by atoms with Crippen LogP contribution < -0.4 is 5.32 Å². The third-order valence-corrected chi connectivity index (χ3v) is 3.38. The van der Waals surface area contributed by atoms with Crippen LogP contribution in [0.3, 0.4) is 0 Å². The molecule has 0 saturated heterocycles. The predicted molar refractivity (Wildman–Crippen MR) is 59.2 cm³/mol. The van der Waals surface area contributed by atoms with Crippen LogP contribution in [-0.4, -0.2) is 19.0 Å². The summed E-state index contributed by atoms with van der Waals surface area (Å²) in [6.45, 7) is 3.69. The quantitative estimate of drug-likeness (QED) is 0.696. The molecule has 0 spiro atoms. The maximum Gasteiger partial charge on any atom is 0.248 e. The molecule has 1 saturated carbocycles. The smallest absolute Gasteiger partial charge is 0.248 e. The summed E-state index contributed by atoms with van der Waals surface area (Å²) in [5, 5.41) is 3.24. The predicted octanol–water partition coefficient (Wildman–Crippen LogP) is 3.37. The topological polar surface area (TPSA) is 12.0 Å². The molecule has 0 radical (unpaired) electrons. The number of hydrogen-bond acceptors (Lipinski definition) is 1. The fourth-order valence-electron chi connectivity index (χ4n) is 2.38. The van der Waals surface area contributed by atoms with Crippen LogP contribution in [0, 0.1) is 5.92 Å². The van der Waals surface area contributed by atoms with E-state index in [1.165, 1.54) is 0 Å². The van der Waals surface area contributed by atoms with Gasteiger partial charge in [0.2, 0.25) is 5.92 Å². The minimum absolute atomic E-state index is 0.0595. The van der Waals surface area contributed by atoms with E-state index in [1.807, 2.05) is 13.1 Å². The Bertz CT molecular complexity index is 194. The minimum Gasteiger partial charge on any atom is -0.317 e. The zero-order valence-corrected chi connectivity index (χ0v) is 9.44. The molecule has 1 aliphatic rings. The number of nitrogens with one attached hydrogen (secondary N) is 1. The molecular formula is C12H21F2N. The summed E-state index contributed by atoms with van der Waals surface area (Å²) in [5.41, 5.74) is 0. The number of allylic oxidation sites excluding steroid dienone is 1. The molecule has 1 N–H and O–H groups in total. The highest BCUT2D eigenvalue weighted by atomic mass is 19.3. The first kappa shape index (κ1) is 12.6. The molecule has 0 bridgehead atoms. The van der Waals surface area contributed by atoms with Crippen molar-refractivity contribution in [3.8, 4) is 0 Å². The third kappa shape index (κ3) is 3.90. The monoisotopic (exact) mass is 217 g/mol. The van der Waals surface area contributed by atoms with Crippen molar-refractivity contribution in [2.45, 2.75) is 50.5 Å². The second kappa shape index (κ2) is 5.59. The Balaban J connectivity index is 2.39. The molecular weight excluding hydrogens is 196 g/mol. The molecule has 88 valence electrons. The van der Waals surface area contributed by atoms with E-state index in [2.05, 4.69) is 11.9 Å². The lowest BCUT2D eigenvalue weighted by molar-refractivity contribution is -0.0495. The highest BCUT2D eigenvalue weighted by Gasteiger charge is 2.36. The van der Waals surface area contributed by atoms with Crippen molar-refractivity contribution >= 4 is 0 Å². The fraction of sp³-hybridized carbons (Fsp3) is 0.833. The molecule has 1 atom stereocenters. The van der Waals surface area contributed by atoms with Gasteiger partial charge in [-0.05, 0) is 38.6 Å². The van der Waals surface area contributed by atoms with Crippen molar-refractivity contribution in [3.05, 3.63) is 12.7 Å². The van der Waals surface area contributed by atoms with Crippen LogP contribution in [-0.2, 0) is 0 Å². The highest BCUT2D eigenvalue weighted by Crippen LogP contribution is 2.38. The van der Waals surface area contributed by atoms with Crippen LogP contribution in [0.5, 0.6) is 0 Å². The van der Waals surface area contributed by atoms with Crippen molar-refractivity contribution in [1.82, 2.24) is 5.32 Å². The minimum atomic E-state index is -2.41. The van der Waals surface area contributed by atoms with Gasteiger partial charge in [-0.3, -0.25) is 0 Å². The normalized spacial score (nSPS) is 23.7. The zero-order chi connectivity index (χ0) is 11.3. The SMILES string of the molecule is C=CCCC(NC)C1CCC(F)(F)CC1. The van der Waals surface area contributed by atoms with Crippen LogP contribution in [0.2, 0.25) is 0 Å². The second-order valence-electron chi connectivity index (χ2n) is 4.45. The Morgan fingerprint density at radius 3 is 2.53 bits per heavy atom. The summed E-state index contributed by atoms with van der Waals surface area (Å²) in [7, 11) is 1.92. The Morgan fingerprint density at radius 1 is 1.47 bits per heavy atom. The van der Waals surface area contributed by atoms with Crippen molar-refractivity contribution in [1.29, 1.82) is 0 Å². The Kier molecular flexibility index (Phi) is 4.71. The average molecular weight is 217 g/mol. The Morgan fingerprint density at radius 2 is 2.07 bits per heavy atom. The van der Waals surface area contributed by atoms with Gasteiger partial charge in [-0.1, -0.05) is 6.08 Å². The van der Waals surface area contributed by atoms with Gasteiger partial charge in [0.15, 0.2) is 0 Å². The molecule has 15 heavy (non-hydrogen) atoms. The third-order valence-electron chi connectivity index (χ3n) is 3.38. The first-order valence-electron chi connectivity index (χ1n) is 5.75. The van der Waals surface area contributed by atoms with Crippen LogP contribution in [0.1, 0.15) is 38.5 Å². The van der Waals surface area contributed by atoms with Crippen LogP contribution in [0.15, 0.2) is 12.7 Å². The van der Waals surface area contributed by atoms with E-state index in [0.29, 0.717) is 24.8 Å². The van der Waals surface area contributed by atoms with Gasteiger partial charge < -0.3 is 5.32 Å². The summed E-state index contributed by atoms with van der Waals surface area (Å²) in [4.78, 5) is 0. The molecule has 1 nitrogen and oxygen atoms in total. The number of alkyl halides is 2. The number of hydrogen-bond donors (Lipinski definition) is 1. The summed E-state index contributed by atoms with van der Waals surface area (Å²) in [5.74, 6) is -2.00. The second-order valence-corrected chi connectivity index (χ2v) is 4.45. The average Bonchev–Trinajstić information content (AvgIpc) is 2.21. The first-order chi connectivity index (χ1) is 7.09. The fourth-order valence-corrected chi connectivity index (χ4v) is 2.38. The van der Waals surface area contributed by atoms with Gasteiger partial charge >= 0.3 is 0 Å². The lowest BCUT2D eigenvalue weighted by Gasteiger charge is -2.33. The van der Waals surface area contributed by atoms with Gasteiger partial charge in [0.1, 0.15) is 0 Å². The van der Waals surface area contributed by atoms with E-state index in [0.717, 1.165) is 12.8 Å². The van der Waals surface area contributed by atoms with Crippen molar-refractivity contribution in [3.63, 3.8) is 0 Å². The summed E-state index contributed by atoms with van der Waals surface area (Å²) in [6.07, 6.45) is 5.27. The van der Waals surface area contributed by atoms with Gasteiger partial charge in [-0.25, -0.2) is 8.78 Å². The summed E-state index contributed by atoms with van der Waals surface area (Å²) >= 11 is 0. The largest absolute Gasteiger partial charge is 0.317 e. The molecule has 0 amide bonds.